The molecule has 0 amide bonds. The third-order valence-corrected chi connectivity index (χ3v) is 4.67. The van der Waals surface area contributed by atoms with Gasteiger partial charge in [-0.2, -0.15) is 0 Å². The number of nitrogens with one attached hydrogen (secondary N) is 2. The molecule has 130 valence electrons. The predicted molar refractivity (Wildman–Crippen MR) is 95.9 cm³/mol. The summed E-state index contributed by atoms with van der Waals surface area (Å²) in [4.78, 5) is 38.0. The van der Waals surface area contributed by atoms with Crippen molar-refractivity contribution >= 4 is 16.9 Å². The number of benzene rings is 1. The van der Waals surface area contributed by atoms with Gasteiger partial charge in [-0.15, -0.1) is 0 Å². The van der Waals surface area contributed by atoms with Crippen LogP contribution in [-0.2, 0) is 13.6 Å². The van der Waals surface area contributed by atoms with Crippen molar-refractivity contribution in [1.82, 2.24) is 24.4 Å². The minimum Gasteiger partial charge on any atom is -0.369 e. The fraction of sp³-hybridized carbons (Fsp3) is 0.353. The molecule has 0 radical (unpaired) electrons. The van der Waals surface area contributed by atoms with E-state index in [4.69, 9.17) is 0 Å². The van der Waals surface area contributed by atoms with Crippen molar-refractivity contribution in [1.29, 1.82) is 0 Å². The maximum atomic E-state index is 11.9. The SMILES string of the molecule is Cn1c(=O)[nH]c(=O)c2[nH]c(CN3CCN(c4ccccc4)CC3)nc21. The second kappa shape index (κ2) is 6.21. The van der Waals surface area contributed by atoms with Gasteiger partial charge in [-0.05, 0) is 12.1 Å². The van der Waals surface area contributed by atoms with E-state index in [9.17, 15) is 9.59 Å². The fourth-order valence-corrected chi connectivity index (χ4v) is 3.24. The van der Waals surface area contributed by atoms with Gasteiger partial charge in [0.15, 0.2) is 5.65 Å². The molecule has 0 aliphatic carbocycles. The van der Waals surface area contributed by atoms with E-state index in [1.165, 1.54) is 10.3 Å². The summed E-state index contributed by atoms with van der Waals surface area (Å²) in [7, 11) is 1.60. The number of aromatic nitrogens is 4. The van der Waals surface area contributed by atoms with E-state index in [1.54, 1.807) is 7.05 Å². The van der Waals surface area contributed by atoms with E-state index in [0.29, 0.717) is 23.5 Å². The van der Waals surface area contributed by atoms with E-state index < -0.39 is 11.2 Å². The lowest BCUT2D eigenvalue weighted by Gasteiger charge is -2.35. The number of H-pyrrole nitrogens is 2. The molecule has 1 aliphatic rings. The summed E-state index contributed by atoms with van der Waals surface area (Å²) in [6.45, 7) is 4.36. The molecule has 3 heterocycles. The molecule has 2 N–H and O–H groups in total. The third-order valence-electron chi connectivity index (χ3n) is 4.67. The number of imidazole rings is 1. The fourth-order valence-electron chi connectivity index (χ4n) is 3.24. The number of piperazine rings is 1. The number of para-hydroxylation sites is 1. The van der Waals surface area contributed by atoms with Crippen LogP contribution in [0.25, 0.3) is 11.2 Å². The first kappa shape index (κ1) is 15.6. The Morgan fingerprint density at radius 3 is 2.48 bits per heavy atom. The number of fused-ring (bicyclic) bond motifs is 1. The maximum Gasteiger partial charge on any atom is 0.329 e. The molecular weight excluding hydrogens is 320 g/mol. The van der Waals surface area contributed by atoms with Crippen molar-refractivity contribution < 1.29 is 0 Å². The molecule has 1 aliphatic heterocycles. The first-order valence-electron chi connectivity index (χ1n) is 8.32. The predicted octanol–water partition coefficient (Wildman–Crippen LogP) is 0.272. The molecule has 3 aromatic rings. The summed E-state index contributed by atoms with van der Waals surface area (Å²) in [5.74, 6) is 0.704. The first-order valence-corrected chi connectivity index (χ1v) is 8.32. The normalized spacial score (nSPS) is 15.8. The van der Waals surface area contributed by atoms with Gasteiger partial charge in [0, 0.05) is 38.9 Å². The zero-order chi connectivity index (χ0) is 17.4. The largest absolute Gasteiger partial charge is 0.369 e. The smallest absolute Gasteiger partial charge is 0.329 e. The van der Waals surface area contributed by atoms with Crippen LogP contribution in [0.5, 0.6) is 0 Å². The van der Waals surface area contributed by atoms with Crippen LogP contribution in [0.3, 0.4) is 0 Å². The van der Waals surface area contributed by atoms with Crippen LogP contribution in [0.1, 0.15) is 5.82 Å². The molecule has 4 rings (SSSR count). The van der Waals surface area contributed by atoms with Gasteiger partial charge in [0.1, 0.15) is 11.3 Å². The van der Waals surface area contributed by atoms with Crippen molar-refractivity contribution in [2.75, 3.05) is 31.1 Å². The lowest BCUT2D eigenvalue weighted by molar-refractivity contribution is 0.245. The first-order chi connectivity index (χ1) is 12.1. The second-order valence-corrected chi connectivity index (χ2v) is 6.30. The van der Waals surface area contributed by atoms with Gasteiger partial charge < -0.3 is 9.88 Å². The van der Waals surface area contributed by atoms with Crippen LogP contribution in [-0.4, -0.2) is 50.6 Å². The van der Waals surface area contributed by atoms with Gasteiger partial charge in [0.25, 0.3) is 5.56 Å². The lowest BCUT2D eigenvalue weighted by atomic mass is 10.2. The minimum atomic E-state index is -0.452. The lowest BCUT2D eigenvalue weighted by Crippen LogP contribution is -2.46. The van der Waals surface area contributed by atoms with E-state index in [-0.39, 0.29) is 0 Å². The maximum absolute atomic E-state index is 11.9. The van der Waals surface area contributed by atoms with Gasteiger partial charge >= 0.3 is 5.69 Å². The van der Waals surface area contributed by atoms with E-state index >= 15 is 0 Å². The van der Waals surface area contributed by atoms with Crippen LogP contribution < -0.4 is 16.1 Å². The summed E-state index contributed by atoms with van der Waals surface area (Å²) in [6, 6.07) is 10.4. The zero-order valence-corrected chi connectivity index (χ0v) is 14.0. The number of anilines is 1. The van der Waals surface area contributed by atoms with Gasteiger partial charge in [0.05, 0.1) is 6.54 Å². The molecule has 8 nitrogen and oxygen atoms in total. The van der Waals surface area contributed by atoms with Crippen LogP contribution in [0.15, 0.2) is 39.9 Å². The van der Waals surface area contributed by atoms with Crippen molar-refractivity contribution in [3.63, 3.8) is 0 Å². The molecule has 0 atom stereocenters. The summed E-state index contributed by atoms with van der Waals surface area (Å²) < 4.78 is 1.35. The molecule has 1 aromatic carbocycles. The number of hydrogen-bond acceptors (Lipinski definition) is 5. The Balaban J connectivity index is 1.48. The van der Waals surface area contributed by atoms with E-state index in [2.05, 4.69) is 49.0 Å². The quantitative estimate of drug-likeness (QED) is 0.714. The second-order valence-electron chi connectivity index (χ2n) is 6.30. The van der Waals surface area contributed by atoms with Gasteiger partial charge in [0.2, 0.25) is 0 Å². The Morgan fingerprint density at radius 1 is 1.04 bits per heavy atom. The zero-order valence-electron chi connectivity index (χ0n) is 14.0. The van der Waals surface area contributed by atoms with Crippen molar-refractivity contribution in [2.45, 2.75) is 6.54 Å². The van der Waals surface area contributed by atoms with Crippen LogP contribution in [0.2, 0.25) is 0 Å². The summed E-state index contributed by atoms with van der Waals surface area (Å²) in [5.41, 5.74) is 1.11. The van der Waals surface area contributed by atoms with Crippen molar-refractivity contribution in [3.05, 3.63) is 57.0 Å². The molecule has 0 saturated carbocycles. The molecule has 0 spiro atoms. The Labute approximate surface area is 143 Å². The Morgan fingerprint density at radius 2 is 1.76 bits per heavy atom. The number of aryl methyl sites for hydroxylation is 1. The van der Waals surface area contributed by atoms with E-state index in [1.807, 2.05) is 6.07 Å². The van der Waals surface area contributed by atoms with Crippen LogP contribution in [0.4, 0.5) is 5.69 Å². The summed E-state index contributed by atoms with van der Waals surface area (Å²) in [6.07, 6.45) is 0. The van der Waals surface area contributed by atoms with Crippen molar-refractivity contribution in [2.24, 2.45) is 7.05 Å². The highest BCUT2D eigenvalue weighted by molar-refractivity contribution is 5.69. The average Bonchev–Trinajstić information content (AvgIpc) is 3.06. The summed E-state index contributed by atoms with van der Waals surface area (Å²) in [5, 5.41) is 0. The highest BCUT2D eigenvalue weighted by Gasteiger charge is 2.19. The Hall–Kier alpha value is -2.87. The molecule has 1 saturated heterocycles. The third kappa shape index (κ3) is 2.96. The molecule has 1 fully saturated rings. The molecule has 0 bridgehead atoms. The standard InChI is InChI=1S/C17H20N6O2/c1-21-15-14(16(24)20-17(21)25)18-13(19-15)11-22-7-9-23(10-8-22)12-5-3-2-4-6-12/h2-6H,7-11H2,1H3,(H,18,19)(H,20,24,25). The van der Waals surface area contributed by atoms with Gasteiger partial charge in [-0.1, -0.05) is 18.2 Å². The molecule has 8 heteroatoms. The number of aromatic amines is 2. The van der Waals surface area contributed by atoms with Crippen LogP contribution >= 0.6 is 0 Å². The van der Waals surface area contributed by atoms with Gasteiger partial charge in [-0.25, -0.2) is 9.78 Å². The molecule has 0 unspecified atom stereocenters. The summed E-state index contributed by atoms with van der Waals surface area (Å²) >= 11 is 0. The molecular formula is C17H20N6O2. The van der Waals surface area contributed by atoms with Crippen molar-refractivity contribution in [3.8, 4) is 0 Å². The Kier molecular flexibility index (Phi) is 3.89. The number of nitrogens with zero attached hydrogens (tertiary/aromatic N) is 4. The Bertz CT molecular complexity index is 995. The van der Waals surface area contributed by atoms with Gasteiger partial charge in [-0.3, -0.25) is 19.2 Å². The number of rotatable bonds is 3. The highest BCUT2D eigenvalue weighted by Crippen LogP contribution is 2.16. The molecule has 25 heavy (non-hydrogen) atoms. The monoisotopic (exact) mass is 340 g/mol. The minimum absolute atomic E-state index is 0.347. The number of hydrogen-bond donors (Lipinski definition) is 2. The van der Waals surface area contributed by atoms with E-state index in [0.717, 1.165) is 26.2 Å². The molecule has 2 aromatic heterocycles. The topological polar surface area (TPSA) is 90.0 Å². The highest BCUT2D eigenvalue weighted by atomic mass is 16.2. The van der Waals surface area contributed by atoms with Crippen LogP contribution in [0, 0.1) is 0 Å². The average molecular weight is 340 g/mol.